The number of hydrogen-bond acceptors (Lipinski definition) is 4. The summed E-state index contributed by atoms with van der Waals surface area (Å²) in [5.41, 5.74) is 2.48. The third-order valence-corrected chi connectivity index (χ3v) is 9.10. The van der Waals surface area contributed by atoms with Gasteiger partial charge in [0.05, 0.1) is 21.7 Å². The number of terminal acetylenes is 1. The third-order valence-electron chi connectivity index (χ3n) is 6.18. The van der Waals surface area contributed by atoms with Crippen LogP contribution in [0.1, 0.15) is 55.5 Å². The predicted octanol–water partition coefficient (Wildman–Crippen LogP) is 4.62. The molecule has 0 radical (unpaired) electrons. The Morgan fingerprint density at radius 1 is 1.24 bits per heavy atom. The summed E-state index contributed by atoms with van der Waals surface area (Å²) in [6, 6.07) is 12.2. The fourth-order valence-corrected chi connectivity index (χ4v) is 6.89. The summed E-state index contributed by atoms with van der Waals surface area (Å²) in [5, 5.41) is 0. The smallest absolute Gasteiger partial charge is 0.279 e. The van der Waals surface area contributed by atoms with Gasteiger partial charge in [-0.05, 0) is 66.6 Å². The Kier molecular flexibility index (Phi) is 7.08. The Hall–Kier alpha value is -2.73. The molecule has 1 atom stereocenters. The van der Waals surface area contributed by atoms with E-state index >= 15 is 0 Å². The van der Waals surface area contributed by atoms with Crippen molar-refractivity contribution in [3.8, 4) is 12.3 Å². The van der Waals surface area contributed by atoms with Crippen LogP contribution in [0.4, 0.5) is 0 Å². The first-order valence-electron chi connectivity index (χ1n) is 11.5. The lowest BCUT2D eigenvalue weighted by atomic mass is 10.0. The van der Waals surface area contributed by atoms with Gasteiger partial charge in [0.1, 0.15) is 0 Å². The second kappa shape index (κ2) is 9.87. The molecule has 4 rings (SSSR count). The second-order valence-corrected chi connectivity index (χ2v) is 12.1. The average Bonchev–Trinajstić information content (AvgIpc) is 3.15. The normalized spacial score (nSPS) is 17.9. The Morgan fingerprint density at radius 3 is 2.62 bits per heavy atom. The van der Waals surface area contributed by atoms with Crippen molar-refractivity contribution in [2.45, 2.75) is 51.0 Å². The number of carbonyl (C=O) groups is 1. The van der Waals surface area contributed by atoms with Gasteiger partial charge in [-0.1, -0.05) is 44.1 Å². The molecule has 0 N–H and O–H groups in total. The van der Waals surface area contributed by atoms with Crippen molar-refractivity contribution >= 4 is 37.5 Å². The first-order valence-corrected chi connectivity index (χ1v) is 13.7. The van der Waals surface area contributed by atoms with Crippen LogP contribution in [-0.4, -0.2) is 36.3 Å². The molecule has 1 fully saturated rings. The molecule has 1 aliphatic heterocycles. The van der Waals surface area contributed by atoms with Crippen molar-refractivity contribution < 1.29 is 13.2 Å². The zero-order chi connectivity index (χ0) is 24.5. The van der Waals surface area contributed by atoms with E-state index in [1.54, 1.807) is 0 Å². The molecule has 3 aromatic rings. The monoisotopic (exact) mass is 495 g/mol. The van der Waals surface area contributed by atoms with E-state index < -0.39 is 15.9 Å². The van der Waals surface area contributed by atoms with Gasteiger partial charge in [-0.15, -0.1) is 6.42 Å². The van der Waals surface area contributed by atoms with Crippen molar-refractivity contribution in [3.05, 3.63) is 58.4 Å². The van der Waals surface area contributed by atoms with E-state index in [2.05, 4.69) is 43.8 Å². The zero-order valence-electron chi connectivity index (χ0n) is 19.7. The van der Waals surface area contributed by atoms with Gasteiger partial charge in [0, 0.05) is 18.7 Å². The van der Waals surface area contributed by atoms with Crippen LogP contribution in [0, 0.1) is 18.3 Å². The van der Waals surface area contributed by atoms with E-state index in [0.717, 1.165) is 23.1 Å². The van der Waals surface area contributed by atoms with Gasteiger partial charge in [-0.25, -0.2) is 8.42 Å². The molecule has 1 aliphatic rings. The van der Waals surface area contributed by atoms with E-state index in [1.807, 2.05) is 10.6 Å². The molecular weight excluding hydrogens is 466 g/mol. The van der Waals surface area contributed by atoms with Gasteiger partial charge in [-0.2, -0.15) is 9.30 Å². The molecule has 0 saturated carbocycles. The van der Waals surface area contributed by atoms with Crippen molar-refractivity contribution in [1.29, 1.82) is 0 Å². The number of rotatable bonds is 5. The Balaban J connectivity index is 1.65. The summed E-state index contributed by atoms with van der Waals surface area (Å²) in [7, 11) is -3.57. The van der Waals surface area contributed by atoms with Crippen LogP contribution >= 0.6 is 11.3 Å². The molecule has 2 aromatic carbocycles. The van der Waals surface area contributed by atoms with Gasteiger partial charge in [0.15, 0.2) is 4.80 Å². The van der Waals surface area contributed by atoms with Crippen molar-refractivity contribution in [3.63, 3.8) is 0 Å². The van der Waals surface area contributed by atoms with Crippen LogP contribution < -0.4 is 4.80 Å². The zero-order valence-corrected chi connectivity index (χ0v) is 21.3. The summed E-state index contributed by atoms with van der Waals surface area (Å²) < 4.78 is 30.4. The van der Waals surface area contributed by atoms with Crippen molar-refractivity contribution in [2.24, 2.45) is 10.9 Å². The second-order valence-electron chi connectivity index (χ2n) is 9.11. The number of hydrogen-bond donors (Lipinski definition) is 0. The molecule has 0 spiro atoms. The number of benzene rings is 2. The number of fused-ring (bicyclic) bond motifs is 1. The minimum Gasteiger partial charge on any atom is -0.305 e. The van der Waals surface area contributed by atoms with Crippen molar-refractivity contribution in [2.75, 3.05) is 13.1 Å². The summed E-state index contributed by atoms with van der Waals surface area (Å²) in [4.78, 5) is 18.0. The summed E-state index contributed by atoms with van der Waals surface area (Å²) >= 11 is 1.42. The van der Waals surface area contributed by atoms with Crippen LogP contribution in [-0.2, 0) is 16.6 Å². The number of aromatic nitrogens is 1. The first kappa shape index (κ1) is 24.4. The number of carbonyl (C=O) groups excluding carboxylic acids is 1. The highest BCUT2D eigenvalue weighted by atomic mass is 32.2. The molecule has 1 aromatic heterocycles. The van der Waals surface area contributed by atoms with E-state index in [4.69, 9.17) is 6.42 Å². The molecule has 2 heterocycles. The fraction of sp³-hybridized carbons (Fsp3) is 0.385. The summed E-state index contributed by atoms with van der Waals surface area (Å²) in [6.07, 6.45) is 7.47. The molecule has 178 valence electrons. The maximum absolute atomic E-state index is 13.0. The highest BCUT2D eigenvalue weighted by Gasteiger charge is 2.28. The summed E-state index contributed by atoms with van der Waals surface area (Å²) in [6.45, 7) is 7.69. The lowest BCUT2D eigenvalue weighted by Gasteiger charge is -2.30. The molecule has 8 heteroatoms. The minimum absolute atomic E-state index is 0.198. The van der Waals surface area contributed by atoms with E-state index in [9.17, 15) is 13.2 Å². The van der Waals surface area contributed by atoms with Crippen LogP contribution in [0.5, 0.6) is 0 Å². The highest BCUT2D eigenvalue weighted by molar-refractivity contribution is 7.89. The summed E-state index contributed by atoms with van der Waals surface area (Å²) in [5.74, 6) is 2.93. The average molecular weight is 496 g/mol. The van der Waals surface area contributed by atoms with Gasteiger partial charge in [0.25, 0.3) is 5.91 Å². The third kappa shape index (κ3) is 4.88. The molecule has 1 amide bonds. The van der Waals surface area contributed by atoms with Crippen LogP contribution in [0.3, 0.4) is 0 Å². The highest BCUT2D eigenvalue weighted by Crippen LogP contribution is 2.25. The first-order chi connectivity index (χ1) is 16.2. The predicted molar refractivity (Wildman–Crippen MR) is 136 cm³/mol. The lowest BCUT2D eigenvalue weighted by molar-refractivity contribution is 0.0998. The Bertz CT molecular complexity index is 1420. The lowest BCUT2D eigenvalue weighted by Crippen LogP contribution is -2.39. The number of nitrogens with zero attached hydrogens (tertiary/aromatic N) is 3. The Labute approximate surface area is 205 Å². The molecular formula is C26H29N3O3S2. The molecule has 0 bridgehead atoms. The van der Waals surface area contributed by atoms with Gasteiger partial charge < -0.3 is 4.57 Å². The fourth-order valence-electron chi connectivity index (χ4n) is 4.21. The Morgan fingerprint density at radius 2 is 1.97 bits per heavy atom. The van der Waals surface area contributed by atoms with Crippen LogP contribution in [0.15, 0.2) is 52.4 Å². The van der Waals surface area contributed by atoms with E-state index in [1.165, 1.54) is 45.5 Å². The molecule has 34 heavy (non-hydrogen) atoms. The number of thiazole rings is 1. The van der Waals surface area contributed by atoms with Gasteiger partial charge in [0.2, 0.25) is 10.0 Å². The molecule has 1 unspecified atom stereocenters. The van der Waals surface area contributed by atoms with Gasteiger partial charge in [-0.3, -0.25) is 4.79 Å². The quantitative estimate of drug-likeness (QED) is 0.485. The minimum atomic E-state index is -3.57. The topological polar surface area (TPSA) is 71.7 Å². The number of piperidine rings is 1. The van der Waals surface area contributed by atoms with Crippen LogP contribution in [0.25, 0.3) is 10.2 Å². The van der Waals surface area contributed by atoms with E-state index in [-0.39, 0.29) is 4.90 Å². The van der Waals surface area contributed by atoms with Crippen LogP contribution in [0.2, 0.25) is 0 Å². The van der Waals surface area contributed by atoms with Gasteiger partial charge >= 0.3 is 0 Å². The van der Waals surface area contributed by atoms with Crippen molar-refractivity contribution in [1.82, 2.24) is 8.87 Å². The molecule has 0 aliphatic carbocycles. The van der Waals surface area contributed by atoms with E-state index in [0.29, 0.717) is 41.8 Å². The number of sulfonamides is 1. The number of amides is 1. The maximum Gasteiger partial charge on any atom is 0.279 e. The standard InChI is InChI=1S/C26H29N3O3S2/c1-5-14-29-23-13-10-21(18(2)3)16-24(23)33-26(29)27-25(30)20-8-11-22(12-9-20)34(31,32)28-15-6-7-19(4)17-28/h1,8-13,16,18-19H,6-7,14-15,17H2,2-4H3. The molecule has 6 nitrogen and oxygen atoms in total. The molecule has 1 saturated heterocycles. The maximum atomic E-state index is 13.0. The SMILES string of the molecule is C#CCn1c(=NC(=O)c2ccc(S(=O)(=O)N3CCCC(C)C3)cc2)sc2cc(C(C)C)ccc21. The largest absolute Gasteiger partial charge is 0.305 e.